The third-order valence-corrected chi connectivity index (χ3v) is 7.02. The van der Waals surface area contributed by atoms with E-state index in [1.807, 2.05) is 4.90 Å². The van der Waals surface area contributed by atoms with Gasteiger partial charge in [-0.05, 0) is 76.0 Å². The lowest BCUT2D eigenvalue weighted by molar-refractivity contribution is -0.0885. The number of nitrogens with zero attached hydrogens (tertiary/aromatic N) is 1. The Morgan fingerprint density at radius 2 is 1.64 bits per heavy atom. The molecular weight excluding hydrogens is 274 g/mol. The fourth-order valence-corrected chi connectivity index (χ4v) is 5.90. The number of amides is 1. The van der Waals surface area contributed by atoms with Gasteiger partial charge in [0.1, 0.15) is 5.60 Å². The van der Waals surface area contributed by atoms with Gasteiger partial charge in [0, 0.05) is 19.0 Å². The molecule has 1 heterocycles. The number of hydrogen-bond acceptors (Lipinski definition) is 2. The minimum absolute atomic E-state index is 0.00405. The zero-order chi connectivity index (χ0) is 15.0. The summed E-state index contributed by atoms with van der Waals surface area (Å²) in [6, 6.07) is 0. The van der Waals surface area contributed by atoms with Gasteiger partial charge in [0.2, 0.25) is 0 Å². The maximum atomic E-state index is 12.7. The van der Waals surface area contributed by atoms with Crippen LogP contribution >= 0.6 is 0 Å². The highest BCUT2D eigenvalue weighted by Crippen LogP contribution is 2.56. The molecule has 0 spiro atoms. The van der Waals surface area contributed by atoms with E-state index in [0.717, 1.165) is 50.6 Å². The second-order valence-corrected chi connectivity index (χ2v) is 8.32. The summed E-state index contributed by atoms with van der Waals surface area (Å²) in [5.74, 6) is 2.44. The molecular formula is C19H31NO2. The van der Waals surface area contributed by atoms with Crippen molar-refractivity contribution in [3.8, 4) is 0 Å². The molecule has 1 aliphatic heterocycles. The average Bonchev–Trinajstić information content (AvgIpc) is 3.20. The molecule has 3 nitrogen and oxygen atoms in total. The second-order valence-electron chi connectivity index (χ2n) is 8.32. The zero-order valence-electron chi connectivity index (χ0n) is 13.9. The summed E-state index contributed by atoms with van der Waals surface area (Å²) < 4.78 is 6.34. The van der Waals surface area contributed by atoms with Crippen molar-refractivity contribution in [3.63, 3.8) is 0 Å². The van der Waals surface area contributed by atoms with Crippen molar-refractivity contribution in [1.29, 1.82) is 0 Å². The molecule has 0 aromatic heterocycles. The van der Waals surface area contributed by atoms with Crippen molar-refractivity contribution >= 4 is 6.09 Å². The SMILES string of the molecule is O=C(OC1(C2CC3CCC2C3)CCCCC1)N1CCCCC1. The molecule has 3 unspecified atom stereocenters. The van der Waals surface area contributed by atoms with Crippen LogP contribution in [0.5, 0.6) is 0 Å². The van der Waals surface area contributed by atoms with E-state index in [1.165, 1.54) is 51.4 Å². The molecule has 0 radical (unpaired) electrons. The van der Waals surface area contributed by atoms with Gasteiger partial charge in [-0.25, -0.2) is 4.79 Å². The topological polar surface area (TPSA) is 29.5 Å². The molecule has 4 aliphatic rings. The monoisotopic (exact) mass is 305 g/mol. The van der Waals surface area contributed by atoms with Crippen molar-refractivity contribution in [1.82, 2.24) is 4.90 Å². The summed E-state index contributed by atoms with van der Waals surface area (Å²) in [5.41, 5.74) is -0.105. The summed E-state index contributed by atoms with van der Waals surface area (Å²) in [7, 11) is 0. The van der Waals surface area contributed by atoms with Gasteiger partial charge >= 0.3 is 6.09 Å². The lowest BCUT2D eigenvalue weighted by Gasteiger charge is -2.45. The van der Waals surface area contributed by atoms with Gasteiger partial charge in [0.15, 0.2) is 0 Å². The Labute approximate surface area is 134 Å². The van der Waals surface area contributed by atoms with E-state index in [4.69, 9.17) is 4.74 Å². The van der Waals surface area contributed by atoms with Crippen LogP contribution in [0, 0.1) is 17.8 Å². The van der Waals surface area contributed by atoms with Crippen molar-refractivity contribution in [2.75, 3.05) is 13.1 Å². The summed E-state index contributed by atoms with van der Waals surface area (Å²) in [6.07, 6.45) is 15.2. The van der Waals surface area contributed by atoms with Crippen molar-refractivity contribution < 1.29 is 9.53 Å². The number of rotatable bonds is 2. The van der Waals surface area contributed by atoms with Crippen LogP contribution in [0.1, 0.15) is 77.0 Å². The van der Waals surface area contributed by atoms with Crippen LogP contribution in [0.15, 0.2) is 0 Å². The van der Waals surface area contributed by atoms with Crippen molar-refractivity contribution in [2.24, 2.45) is 17.8 Å². The molecule has 3 heteroatoms. The standard InChI is InChI=1S/C19H31NO2/c21-18(20-11-5-2-6-12-20)22-19(9-3-1-4-10-19)17-14-15-7-8-16(17)13-15/h15-17H,1-14H2. The first kappa shape index (κ1) is 14.8. The summed E-state index contributed by atoms with van der Waals surface area (Å²) in [4.78, 5) is 14.7. The number of carbonyl (C=O) groups excluding carboxylic acids is 1. The Balaban J connectivity index is 1.49. The molecule has 1 saturated heterocycles. The number of fused-ring (bicyclic) bond motifs is 2. The number of carbonyl (C=O) groups is 1. The minimum Gasteiger partial charge on any atom is -0.442 e. The quantitative estimate of drug-likeness (QED) is 0.737. The van der Waals surface area contributed by atoms with Gasteiger partial charge in [0.25, 0.3) is 0 Å². The van der Waals surface area contributed by atoms with Crippen LogP contribution in [-0.4, -0.2) is 29.7 Å². The predicted molar refractivity (Wildman–Crippen MR) is 86.7 cm³/mol. The normalized spacial score (nSPS) is 37.3. The van der Waals surface area contributed by atoms with Gasteiger partial charge in [-0.1, -0.05) is 12.8 Å². The van der Waals surface area contributed by atoms with E-state index in [-0.39, 0.29) is 11.7 Å². The average molecular weight is 305 g/mol. The first-order chi connectivity index (χ1) is 10.8. The largest absolute Gasteiger partial charge is 0.442 e. The van der Waals surface area contributed by atoms with E-state index < -0.39 is 0 Å². The number of likely N-dealkylation sites (tertiary alicyclic amines) is 1. The van der Waals surface area contributed by atoms with Crippen LogP contribution < -0.4 is 0 Å². The predicted octanol–water partition coefficient (Wildman–Crippen LogP) is 4.75. The third kappa shape index (κ3) is 2.65. The summed E-state index contributed by atoms with van der Waals surface area (Å²) in [5, 5.41) is 0. The first-order valence-corrected chi connectivity index (χ1v) is 9.75. The lowest BCUT2D eigenvalue weighted by atomic mass is 9.69. The van der Waals surface area contributed by atoms with Gasteiger partial charge in [-0.2, -0.15) is 0 Å². The Bertz CT molecular complexity index is 410. The van der Waals surface area contributed by atoms with Crippen LogP contribution in [0.4, 0.5) is 4.79 Å². The highest BCUT2D eigenvalue weighted by Gasteiger charge is 2.53. The molecule has 22 heavy (non-hydrogen) atoms. The van der Waals surface area contributed by atoms with Crippen LogP contribution in [-0.2, 0) is 4.74 Å². The molecule has 3 saturated carbocycles. The molecule has 1 amide bonds. The van der Waals surface area contributed by atoms with E-state index in [1.54, 1.807) is 0 Å². The Hall–Kier alpha value is -0.730. The van der Waals surface area contributed by atoms with E-state index in [0.29, 0.717) is 5.92 Å². The van der Waals surface area contributed by atoms with Crippen LogP contribution in [0.3, 0.4) is 0 Å². The number of ether oxygens (including phenoxy) is 1. The van der Waals surface area contributed by atoms with Gasteiger partial charge in [0.05, 0.1) is 0 Å². The van der Waals surface area contributed by atoms with E-state index >= 15 is 0 Å². The van der Waals surface area contributed by atoms with Crippen LogP contribution in [0.25, 0.3) is 0 Å². The fraction of sp³-hybridized carbons (Fsp3) is 0.947. The van der Waals surface area contributed by atoms with Crippen molar-refractivity contribution in [2.45, 2.75) is 82.7 Å². The minimum atomic E-state index is -0.105. The highest BCUT2D eigenvalue weighted by molar-refractivity contribution is 5.68. The summed E-state index contributed by atoms with van der Waals surface area (Å²) >= 11 is 0. The highest BCUT2D eigenvalue weighted by atomic mass is 16.6. The Morgan fingerprint density at radius 1 is 0.909 bits per heavy atom. The second kappa shape index (κ2) is 6.05. The Morgan fingerprint density at radius 3 is 2.27 bits per heavy atom. The fourth-order valence-electron chi connectivity index (χ4n) is 5.90. The molecule has 0 N–H and O–H groups in total. The molecule has 4 fully saturated rings. The smallest absolute Gasteiger partial charge is 0.410 e. The lowest BCUT2D eigenvalue weighted by Crippen LogP contribution is -2.49. The molecule has 3 atom stereocenters. The van der Waals surface area contributed by atoms with Crippen LogP contribution in [0.2, 0.25) is 0 Å². The molecule has 0 aromatic carbocycles. The number of piperidine rings is 1. The Kier molecular flexibility index (Phi) is 4.08. The maximum Gasteiger partial charge on any atom is 0.410 e. The van der Waals surface area contributed by atoms with Crippen molar-refractivity contribution in [3.05, 3.63) is 0 Å². The molecule has 0 aromatic rings. The molecule has 3 aliphatic carbocycles. The maximum absolute atomic E-state index is 12.7. The molecule has 2 bridgehead atoms. The zero-order valence-corrected chi connectivity index (χ0v) is 13.9. The molecule has 4 rings (SSSR count). The van der Waals surface area contributed by atoms with Gasteiger partial charge < -0.3 is 9.64 Å². The van der Waals surface area contributed by atoms with Gasteiger partial charge in [-0.15, -0.1) is 0 Å². The van der Waals surface area contributed by atoms with E-state index in [9.17, 15) is 4.79 Å². The van der Waals surface area contributed by atoms with Gasteiger partial charge in [-0.3, -0.25) is 0 Å². The third-order valence-electron chi connectivity index (χ3n) is 7.02. The number of hydrogen-bond donors (Lipinski definition) is 0. The first-order valence-electron chi connectivity index (χ1n) is 9.75. The molecule has 124 valence electrons. The summed E-state index contributed by atoms with van der Waals surface area (Å²) in [6.45, 7) is 1.82. The van der Waals surface area contributed by atoms with E-state index in [2.05, 4.69) is 0 Å².